The standard InChI is InChI=1S/C15H21N3OS.HI/c1-3-16-15(17-8-6-13-5-4-9-19-13)18-11-14-12(2)7-10-20-14;/h4-5,7,9-10H,3,6,8,11H2,1-2H3,(H2,16,17,18);1H. The SMILES string of the molecule is CCNC(=NCc1sccc1C)NCCc1ccco1.I. The van der Waals surface area contributed by atoms with Crippen LogP contribution in [0.25, 0.3) is 0 Å². The molecule has 0 spiro atoms. The highest BCUT2D eigenvalue weighted by Gasteiger charge is 2.01. The number of nitrogens with one attached hydrogen (secondary N) is 2. The van der Waals surface area contributed by atoms with Crippen molar-refractivity contribution in [2.24, 2.45) is 4.99 Å². The van der Waals surface area contributed by atoms with Crippen molar-refractivity contribution in [3.63, 3.8) is 0 Å². The first-order chi connectivity index (χ1) is 9.79. The average molecular weight is 419 g/mol. The van der Waals surface area contributed by atoms with Crippen LogP contribution in [0.3, 0.4) is 0 Å². The van der Waals surface area contributed by atoms with Crippen LogP contribution < -0.4 is 10.6 Å². The molecule has 116 valence electrons. The quantitative estimate of drug-likeness (QED) is 0.428. The zero-order valence-corrected chi connectivity index (χ0v) is 15.5. The fourth-order valence-electron chi connectivity index (χ4n) is 1.82. The van der Waals surface area contributed by atoms with E-state index in [1.54, 1.807) is 17.6 Å². The monoisotopic (exact) mass is 419 g/mol. The molecule has 0 aliphatic rings. The molecule has 21 heavy (non-hydrogen) atoms. The van der Waals surface area contributed by atoms with E-state index in [0.717, 1.165) is 37.8 Å². The Morgan fingerprint density at radius 1 is 1.33 bits per heavy atom. The topological polar surface area (TPSA) is 49.6 Å². The van der Waals surface area contributed by atoms with Crippen molar-refractivity contribution in [3.8, 4) is 0 Å². The smallest absolute Gasteiger partial charge is 0.191 e. The van der Waals surface area contributed by atoms with Gasteiger partial charge in [-0.3, -0.25) is 0 Å². The average Bonchev–Trinajstić information content (AvgIpc) is 3.08. The maximum absolute atomic E-state index is 5.31. The minimum Gasteiger partial charge on any atom is -0.469 e. The summed E-state index contributed by atoms with van der Waals surface area (Å²) in [4.78, 5) is 5.92. The second-order valence-corrected chi connectivity index (χ2v) is 5.48. The predicted octanol–water partition coefficient (Wildman–Crippen LogP) is 3.57. The number of aryl methyl sites for hydroxylation is 1. The van der Waals surface area contributed by atoms with Gasteiger partial charge in [0.05, 0.1) is 12.8 Å². The van der Waals surface area contributed by atoms with Gasteiger partial charge < -0.3 is 15.1 Å². The fourth-order valence-corrected chi connectivity index (χ4v) is 2.65. The molecular formula is C15H22IN3OS. The summed E-state index contributed by atoms with van der Waals surface area (Å²) in [5.74, 6) is 1.84. The molecule has 2 aromatic rings. The van der Waals surface area contributed by atoms with Crippen molar-refractivity contribution in [2.45, 2.75) is 26.8 Å². The van der Waals surface area contributed by atoms with Gasteiger partial charge in [0.15, 0.2) is 5.96 Å². The summed E-state index contributed by atoms with van der Waals surface area (Å²) in [5, 5.41) is 8.69. The van der Waals surface area contributed by atoms with Crippen LogP contribution in [-0.2, 0) is 13.0 Å². The Hall–Kier alpha value is -1.02. The van der Waals surface area contributed by atoms with Crippen LogP contribution in [0.15, 0.2) is 39.3 Å². The lowest BCUT2D eigenvalue weighted by atomic mass is 10.3. The highest BCUT2D eigenvalue weighted by Crippen LogP contribution is 2.16. The van der Waals surface area contributed by atoms with Crippen molar-refractivity contribution in [1.82, 2.24) is 10.6 Å². The van der Waals surface area contributed by atoms with Crippen molar-refractivity contribution < 1.29 is 4.42 Å². The van der Waals surface area contributed by atoms with Gasteiger partial charge in [0.2, 0.25) is 0 Å². The first kappa shape index (κ1) is 18.0. The summed E-state index contributed by atoms with van der Waals surface area (Å²) in [6, 6.07) is 6.03. The fraction of sp³-hybridized carbons (Fsp3) is 0.400. The Morgan fingerprint density at radius 2 is 2.19 bits per heavy atom. The van der Waals surface area contributed by atoms with Gasteiger partial charge in [-0.15, -0.1) is 35.3 Å². The Labute approximate surface area is 147 Å². The number of aliphatic imine (C=N–C) groups is 1. The normalized spacial score (nSPS) is 11.0. The van der Waals surface area contributed by atoms with Crippen molar-refractivity contribution in [3.05, 3.63) is 46.0 Å². The lowest BCUT2D eigenvalue weighted by Gasteiger charge is -2.10. The van der Waals surface area contributed by atoms with E-state index in [0.29, 0.717) is 0 Å². The van der Waals surface area contributed by atoms with Crippen LogP contribution in [0.1, 0.15) is 23.1 Å². The van der Waals surface area contributed by atoms with Gasteiger partial charge in [0, 0.05) is 24.4 Å². The summed E-state index contributed by atoms with van der Waals surface area (Å²) in [6.45, 7) is 6.58. The molecule has 0 saturated carbocycles. The number of hydrogen-bond donors (Lipinski definition) is 2. The van der Waals surface area contributed by atoms with Crippen molar-refractivity contribution >= 4 is 41.3 Å². The minimum absolute atomic E-state index is 0. The molecule has 0 aromatic carbocycles. The summed E-state index contributed by atoms with van der Waals surface area (Å²) in [7, 11) is 0. The molecule has 0 atom stereocenters. The maximum atomic E-state index is 5.31. The Kier molecular flexibility index (Phi) is 8.44. The third-order valence-electron chi connectivity index (χ3n) is 2.94. The molecule has 0 fully saturated rings. The molecule has 2 aromatic heterocycles. The molecule has 0 aliphatic carbocycles. The molecule has 0 radical (unpaired) electrons. The summed E-state index contributed by atoms with van der Waals surface area (Å²) < 4.78 is 5.31. The number of halogens is 1. The van der Waals surface area contributed by atoms with Crippen LogP contribution in [0, 0.1) is 6.92 Å². The van der Waals surface area contributed by atoms with Crippen LogP contribution in [-0.4, -0.2) is 19.0 Å². The second kappa shape index (κ2) is 9.83. The van der Waals surface area contributed by atoms with E-state index in [1.165, 1.54) is 10.4 Å². The number of rotatable bonds is 6. The molecule has 2 N–H and O–H groups in total. The van der Waals surface area contributed by atoms with E-state index in [-0.39, 0.29) is 24.0 Å². The number of thiophene rings is 1. The lowest BCUT2D eigenvalue weighted by molar-refractivity contribution is 0.507. The molecule has 2 heterocycles. The van der Waals surface area contributed by atoms with Gasteiger partial charge in [-0.05, 0) is 43.0 Å². The van der Waals surface area contributed by atoms with Gasteiger partial charge in [0.25, 0.3) is 0 Å². The van der Waals surface area contributed by atoms with Gasteiger partial charge in [0.1, 0.15) is 5.76 Å². The Morgan fingerprint density at radius 3 is 2.81 bits per heavy atom. The first-order valence-corrected chi connectivity index (χ1v) is 7.75. The second-order valence-electron chi connectivity index (χ2n) is 4.48. The van der Waals surface area contributed by atoms with Crippen LogP contribution in [0.5, 0.6) is 0 Å². The molecule has 0 saturated heterocycles. The molecule has 4 nitrogen and oxygen atoms in total. The number of furan rings is 1. The zero-order valence-electron chi connectivity index (χ0n) is 12.4. The third-order valence-corrected chi connectivity index (χ3v) is 3.94. The van der Waals surface area contributed by atoms with Crippen LogP contribution >= 0.6 is 35.3 Å². The molecule has 0 amide bonds. The van der Waals surface area contributed by atoms with Gasteiger partial charge >= 0.3 is 0 Å². The number of hydrogen-bond acceptors (Lipinski definition) is 3. The highest BCUT2D eigenvalue weighted by atomic mass is 127. The van der Waals surface area contributed by atoms with E-state index in [4.69, 9.17) is 4.42 Å². The van der Waals surface area contributed by atoms with E-state index in [2.05, 4.69) is 40.9 Å². The van der Waals surface area contributed by atoms with Crippen LogP contribution in [0.2, 0.25) is 0 Å². The molecule has 0 aliphatic heterocycles. The van der Waals surface area contributed by atoms with Gasteiger partial charge in [-0.1, -0.05) is 0 Å². The summed E-state index contributed by atoms with van der Waals surface area (Å²) >= 11 is 1.75. The molecule has 0 unspecified atom stereocenters. The molecule has 0 bridgehead atoms. The van der Waals surface area contributed by atoms with E-state index >= 15 is 0 Å². The summed E-state index contributed by atoms with van der Waals surface area (Å²) in [5.41, 5.74) is 1.31. The largest absolute Gasteiger partial charge is 0.469 e. The zero-order chi connectivity index (χ0) is 14.2. The van der Waals surface area contributed by atoms with Gasteiger partial charge in [-0.25, -0.2) is 4.99 Å². The number of guanidine groups is 1. The maximum Gasteiger partial charge on any atom is 0.191 e. The van der Waals surface area contributed by atoms with Crippen molar-refractivity contribution in [2.75, 3.05) is 13.1 Å². The first-order valence-electron chi connectivity index (χ1n) is 6.87. The molecular weight excluding hydrogens is 397 g/mol. The molecule has 2 rings (SSSR count). The Balaban J connectivity index is 0.00000220. The van der Waals surface area contributed by atoms with E-state index in [1.807, 2.05) is 12.1 Å². The van der Waals surface area contributed by atoms with E-state index < -0.39 is 0 Å². The minimum atomic E-state index is 0. The van der Waals surface area contributed by atoms with E-state index in [9.17, 15) is 0 Å². The van der Waals surface area contributed by atoms with Crippen molar-refractivity contribution in [1.29, 1.82) is 0 Å². The highest BCUT2D eigenvalue weighted by molar-refractivity contribution is 14.0. The van der Waals surface area contributed by atoms with Crippen LogP contribution in [0.4, 0.5) is 0 Å². The Bertz CT molecular complexity index is 537. The third kappa shape index (κ3) is 6.09. The summed E-state index contributed by atoms with van der Waals surface area (Å²) in [6.07, 6.45) is 2.56. The van der Waals surface area contributed by atoms with Gasteiger partial charge in [-0.2, -0.15) is 0 Å². The predicted molar refractivity (Wildman–Crippen MR) is 99.7 cm³/mol. The number of nitrogens with zero attached hydrogens (tertiary/aromatic N) is 1. The molecule has 6 heteroatoms. The lowest BCUT2D eigenvalue weighted by Crippen LogP contribution is -2.38.